The second kappa shape index (κ2) is 29.3. The largest absolute Gasteiger partial charge is 0.508 e. The molecule has 406 valence electrons. The number of imidazole rings is 1. The molecule has 0 saturated carbocycles. The van der Waals surface area contributed by atoms with E-state index in [1.54, 1.807) is 39.8 Å². The van der Waals surface area contributed by atoms with Gasteiger partial charge >= 0.3 is 13.8 Å². The fourth-order valence-corrected chi connectivity index (χ4v) is 7.48. The fraction of sp³-hybridized carbons (Fsp3) is 0.478. The van der Waals surface area contributed by atoms with Gasteiger partial charge in [-0.25, -0.2) is 9.55 Å². The van der Waals surface area contributed by atoms with Crippen LogP contribution >= 0.6 is 7.82 Å². The number of nitrogens with two attached hydrogens (primary N) is 2. The lowest BCUT2D eigenvalue weighted by Gasteiger charge is -2.30. The lowest BCUT2D eigenvalue weighted by molar-refractivity contribution is -0.459. The Morgan fingerprint density at radius 2 is 1.14 bits per heavy atom. The summed E-state index contributed by atoms with van der Waals surface area (Å²) in [7, 11) is -5.27. The van der Waals surface area contributed by atoms with E-state index in [2.05, 4.69) is 62.4 Å². The quantitative estimate of drug-likeness (QED) is 0.00972. The summed E-state index contributed by atoms with van der Waals surface area (Å²) >= 11 is 0. The summed E-state index contributed by atoms with van der Waals surface area (Å²) in [6, 6.07) is 1.24. The van der Waals surface area contributed by atoms with Gasteiger partial charge in [-0.15, -0.1) is 0 Å². The molecule has 0 unspecified atom stereocenters. The molecule has 0 aliphatic carbocycles. The molecule has 0 aliphatic heterocycles. The molecule has 0 fully saturated rings. The van der Waals surface area contributed by atoms with E-state index >= 15 is 0 Å². The minimum atomic E-state index is -5.27. The van der Waals surface area contributed by atoms with Gasteiger partial charge in [0.2, 0.25) is 41.8 Å². The molecule has 0 aliphatic rings. The maximum absolute atomic E-state index is 14.1. The van der Waals surface area contributed by atoms with Crippen LogP contribution < -0.4 is 64.4 Å². The number of rotatable bonds is 30. The molecule has 0 spiro atoms. The molecule has 0 radical (unpaired) electrons. The zero-order valence-corrected chi connectivity index (χ0v) is 42.6. The van der Waals surface area contributed by atoms with Crippen LogP contribution in [0.2, 0.25) is 0 Å². The number of aromatic hydroxyl groups is 2. The smallest absolute Gasteiger partial charge is 0.469 e. The maximum atomic E-state index is 14.1. The zero-order chi connectivity index (χ0) is 55.3. The van der Waals surface area contributed by atoms with E-state index in [4.69, 9.17) is 11.5 Å². The van der Waals surface area contributed by atoms with Crippen LogP contribution in [0.3, 0.4) is 0 Å². The molecule has 28 heteroatoms. The topological polar surface area (TPSA) is 452 Å². The number of aromatic nitrogens is 2. The average molecular weight is 1060 g/mol. The van der Waals surface area contributed by atoms with E-state index < -0.39 is 116 Å². The summed E-state index contributed by atoms with van der Waals surface area (Å²) in [5.74, 6) is -7.67. The van der Waals surface area contributed by atoms with E-state index in [1.165, 1.54) is 55.8 Å². The van der Waals surface area contributed by atoms with Gasteiger partial charge in [0.15, 0.2) is 6.04 Å². The molecule has 8 atom stereocenters. The number of guanidine groups is 1. The average Bonchev–Trinajstić information content (AvgIpc) is 3.85. The molecule has 3 rings (SSSR count). The van der Waals surface area contributed by atoms with Crippen molar-refractivity contribution in [3.8, 4) is 11.5 Å². The Bertz CT molecular complexity index is 2430. The van der Waals surface area contributed by atoms with E-state index in [0.29, 0.717) is 23.1 Å². The number of phenols is 2. The van der Waals surface area contributed by atoms with Gasteiger partial charge in [0.25, 0.3) is 5.91 Å². The summed E-state index contributed by atoms with van der Waals surface area (Å²) in [6.07, 6.45) is 3.45. The molecule has 1 heterocycles. The second-order valence-electron chi connectivity index (χ2n) is 18.2. The van der Waals surface area contributed by atoms with Crippen LogP contribution in [0.4, 0.5) is 0 Å². The zero-order valence-electron chi connectivity index (χ0n) is 41.8. The lowest BCUT2D eigenvalue weighted by Crippen LogP contribution is -2.78. The molecule has 2 aromatic carbocycles. The Balaban J connectivity index is 1.87. The molecule has 3 aromatic rings. The van der Waals surface area contributed by atoms with Gasteiger partial charge in [-0.05, 0) is 67.0 Å². The number of phosphoric acid groups is 1. The number of hydrogen-bond acceptors (Lipinski definition) is 12. The highest BCUT2D eigenvalue weighted by Gasteiger charge is 2.37. The Morgan fingerprint density at radius 1 is 0.676 bits per heavy atom. The van der Waals surface area contributed by atoms with Crippen LogP contribution in [0.1, 0.15) is 64.3 Å². The Morgan fingerprint density at radius 3 is 1.65 bits per heavy atom. The molecule has 27 nitrogen and oxygen atoms in total. The van der Waals surface area contributed by atoms with Crippen molar-refractivity contribution in [2.45, 2.75) is 115 Å². The standard InChI is InChI=1S/C46H68N13O14P/c1-24(2)37(44(68)54-33(7-6-16-51-46(48)49)40(64)56-34(41(65)53-26(5)21-60)18-28-10-14-31(62)15-11-28)59-45(69)38(25(3)4)58-43(67)36(22-73-74(70,71)72)57-42(66)35(19-29-20-50-23-52-29)55-39(63)32(47)17-27-8-12-30(61)13-9-27/h8-15,20-21,23-26,32-38,61-62H,6-7,16-19,22,47H2,1-5H3,(H,50,52)(H,53,65)(H,54,68)(H,55,63)(H,56,64)(H,57,66)(H,58,67)(H,59,69)(H4,48,49,51)(H2,70,71,72)/p+3/t26-,32-,33-,34-,35-,36-,37-,38-/m0/s1. The van der Waals surface area contributed by atoms with Crippen LogP contribution in [0, 0.1) is 11.8 Å². The van der Waals surface area contributed by atoms with Gasteiger partial charge in [-0.2, -0.15) is 0 Å². The van der Waals surface area contributed by atoms with Crippen molar-refractivity contribution < 1.29 is 83.2 Å². The highest BCUT2D eigenvalue weighted by molar-refractivity contribution is 7.46. The van der Waals surface area contributed by atoms with Crippen molar-refractivity contribution in [1.29, 1.82) is 0 Å². The fourth-order valence-electron chi connectivity index (χ4n) is 7.14. The first-order valence-corrected chi connectivity index (χ1v) is 25.1. The molecular weight excluding hydrogens is 990 g/mol. The third kappa shape index (κ3) is 21.3. The molecule has 7 amide bonds. The van der Waals surface area contributed by atoms with Crippen LogP contribution in [0.25, 0.3) is 0 Å². The Labute approximate surface area is 426 Å². The monoisotopic (exact) mass is 1060 g/mol. The summed E-state index contributed by atoms with van der Waals surface area (Å²) < 4.78 is 16.5. The highest BCUT2D eigenvalue weighted by Crippen LogP contribution is 2.35. The predicted molar refractivity (Wildman–Crippen MR) is 263 cm³/mol. The third-order valence-electron chi connectivity index (χ3n) is 11.2. The normalized spacial score (nSPS) is 14.6. The second-order valence-corrected chi connectivity index (χ2v) is 19.5. The number of carbonyl (C=O) groups excluding carboxylic acids is 8. The molecule has 74 heavy (non-hydrogen) atoms. The van der Waals surface area contributed by atoms with Gasteiger partial charge in [0.1, 0.15) is 65.9 Å². The van der Waals surface area contributed by atoms with E-state index in [1.807, 2.05) is 0 Å². The van der Waals surface area contributed by atoms with Crippen molar-refractivity contribution in [2.75, 3.05) is 13.2 Å². The maximum Gasteiger partial charge on any atom is 0.469 e. The van der Waals surface area contributed by atoms with Gasteiger partial charge in [-0.1, -0.05) is 52.0 Å². The minimum absolute atomic E-state index is 0.0111. The first-order valence-electron chi connectivity index (χ1n) is 23.6. The summed E-state index contributed by atoms with van der Waals surface area (Å²) in [5.41, 5.74) is 16.6. The van der Waals surface area contributed by atoms with Gasteiger partial charge in [0.05, 0.1) is 19.2 Å². The number of benzene rings is 2. The minimum Gasteiger partial charge on any atom is -0.508 e. The third-order valence-corrected chi connectivity index (χ3v) is 11.7. The number of carbonyl (C=O) groups is 8. The van der Waals surface area contributed by atoms with Crippen molar-refractivity contribution in [2.24, 2.45) is 23.3 Å². The van der Waals surface area contributed by atoms with Gasteiger partial charge < -0.3 is 67.7 Å². The van der Waals surface area contributed by atoms with E-state index in [-0.39, 0.29) is 56.1 Å². The number of nitrogens with one attached hydrogen (secondary N) is 10. The number of H-pyrrole nitrogens is 2. The Kier molecular flexibility index (Phi) is 24.1. The van der Waals surface area contributed by atoms with Crippen LogP contribution in [-0.4, -0.2) is 140 Å². The number of aldehydes is 1. The Hall–Kier alpha value is -7.45. The molecule has 0 bridgehead atoms. The number of aromatic amines is 2. The number of phosphoric ester groups is 1. The number of phenolic OH excluding ortho intramolecular Hbond substituents is 2. The van der Waals surface area contributed by atoms with Crippen molar-refractivity contribution in [1.82, 2.24) is 42.2 Å². The lowest BCUT2D eigenvalue weighted by atomic mass is 9.98. The van der Waals surface area contributed by atoms with Crippen molar-refractivity contribution in [3.05, 3.63) is 77.9 Å². The summed E-state index contributed by atoms with van der Waals surface area (Å²) in [5, 5.41) is 37.2. The van der Waals surface area contributed by atoms with Crippen molar-refractivity contribution in [3.63, 3.8) is 0 Å². The molecule has 1 aromatic heterocycles. The summed E-state index contributed by atoms with van der Waals surface area (Å²) in [6.45, 7) is 6.76. The molecule has 0 saturated heterocycles. The molecular formula is C46H71N13O14P+3. The van der Waals surface area contributed by atoms with Gasteiger partial charge in [0, 0.05) is 19.3 Å². The van der Waals surface area contributed by atoms with Crippen LogP contribution in [0.15, 0.2) is 61.1 Å². The number of hydrogen-bond donors (Lipinski definition) is 16. The van der Waals surface area contributed by atoms with Crippen LogP contribution in [-0.2, 0) is 66.7 Å². The highest BCUT2D eigenvalue weighted by atomic mass is 31.2. The predicted octanol–water partition coefficient (Wildman–Crippen LogP) is -5.95. The van der Waals surface area contributed by atoms with Crippen LogP contribution in [0.5, 0.6) is 11.5 Å². The first kappa shape index (κ1) is 60.9. The molecule has 21 N–H and O–H groups in total. The van der Waals surface area contributed by atoms with E-state index in [0.717, 1.165) is 0 Å². The van der Waals surface area contributed by atoms with E-state index in [9.17, 15) is 62.9 Å². The van der Waals surface area contributed by atoms with Gasteiger partial charge in [-0.3, -0.25) is 59.5 Å². The SMILES string of the molecule is CC(C)[C@H](NC(=O)[C@H](COP(=O)(O)O)NC(=O)[C@H](Cc1c[nH+]c[nH]1)NC(=O)[C@@H]([NH3+])Cc1ccc(O)cc1)C(=O)N[C@H](C(=O)N[C@@H](CCC[NH+]=C(N)N)C(=O)N[C@@H](Cc1ccc(O)cc1)C(=O)N[C@@H](C)C=O)C(C)C. The summed E-state index contributed by atoms with van der Waals surface area (Å²) in [4.78, 5) is 136. The number of amides is 7. The number of quaternary nitrogens is 1. The first-order chi connectivity index (χ1) is 34.8. The van der Waals surface area contributed by atoms with Crippen molar-refractivity contribution >= 4 is 61.4 Å².